The number of allylic oxidation sites excluding steroid dienone is 1. The van der Waals surface area contributed by atoms with Crippen LogP contribution in [0.4, 0.5) is 0 Å². The Kier molecular flexibility index (Phi) is 7.40. The van der Waals surface area contributed by atoms with E-state index in [4.69, 9.17) is 4.74 Å². The first-order chi connectivity index (χ1) is 12.0. The number of benzene rings is 1. The van der Waals surface area contributed by atoms with Gasteiger partial charge in [-0.05, 0) is 66.6 Å². The zero-order valence-electron chi connectivity index (χ0n) is 14.6. The average molecular weight is 407 g/mol. The lowest BCUT2D eigenvalue weighted by atomic mass is 10.2. The molecule has 0 saturated carbocycles. The van der Waals surface area contributed by atoms with Gasteiger partial charge in [-0.1, -0.05) is 18.2 Å². The Morgan fingerprint density at radius 3 is 2.72 bits per heavy atom. The van der Waals surface area contributed by atoms with E-state index in [-0.39, 0.29) is 11.8 Å². The van der Waals surface area contributed by atoms with Gasteiger partial charge in [-0.15, -0.1) is 0 Å². The van der Waals surface area contributed by atoms with Crippen molar-refractivity contribution >= 4 is 33.8 Å². The van der Waals surface area contributed by atoms with Crippen LogP contribution in [0, 0.1) is 0 Å². The van der Waals surface area contributed by atoms with Gasteiger partial charge >= 0.3 is 0 Å². The summed E-state index contributed by atoms with van der Waals surface area (Å²) in [5.41, 5.74) is 0.880. The number of halogens is 1. The van der Waals surface area contributed by atoms with Crippen LogP contribution < -0.4 is 4.74 Å². The molecule has 1 aliphatic heterocycles. The summed E-state index contributed by atoms with van der Waals surface area (Å²) in [6, 6.07) is 7.51. The molecule has 0 bridgehead atoms. The summed E-state index contributed by atoms with van der Waals surface area (Å²) >= 11 is 3.22. The highest BCUT2D eigenvalue weighted by molar-refractivity contribution is 9.12. The highest BCUT2D eigenvalue weighted by atomic mass is 79.9. The van der Waals surface area contributed by atoms with E-state index >= 15 is 0 Å². The van der Waals surface area contributed by atoms with E-state index < -0.39 is 0 Å². The summed E-state index contributed by atoms with van der Waals surface area (Å²) in [7, 11) is 4.00. The van der Waals surface area contributed by atoms with Crippen molar-refractivity contribution in [2.24, 2.45) is 0 Å². The smallest absolute Gasteiger partial charge is 0.267 e. The van der Waals surface area contributed by atoms with Crippen LogP contribution in [0.5, 0.6) is 5.75 Å². The second-order valence-electron chi connectivity index (χ2n) is 6.04. The minimum atomic E-state index is -0.302. The summed E-state index contributed by atoms with van der Waals surface area (Å²) in [5, 5.41) is 0. The molecule has 134 valence electrons. The fourth-order valence-corrected chi connectivity index (χ4v) is 2.73. The van der Waals surface area contributed by atoms with Gasteiger partial charge < -0.3 is 9.64 Å². The Bertz CT molecular complexity index is 666. The zero-order chi connectivity index (χ0) is 18.2. The zero-order valence-corrected chi connectivity index (χ0v) is 16.2. The maximum absolute atomic E-state index is 12.3. The molecule has 0 spiro atoms. The molecule has 0 fully saturated rings. The highest BCUT2D eigenvalue weighted by Gasteiger charge is 2.23. The maximum Gasteiger partial charge on any atom is 0.267 e. The van der Waals surface area contributed by atoms with Crippen molar-refractivity contribution in [2.75, 3.05) is 33.8 Å². The summed E-state index contributed by atoms with van der Waals surface area (Å²) in [5.74, 6) is 0.211. The number of likely N-dealkylation sites (N-methyl/N-ethyl adjacent to an activating group) is 1. The van der Waals surface area contributed by atoms with Crippen molar-refractivity contribution in [1.29, 1.82) is 0 Å². The number of carbonyl (C=O) groups excluding carboxylic acids is 2. The van der Waals surface area contributed by atoms with Crippen LogP contribution in [-0.2, 0) is 9.59 Å². The molecule has 25 heavy (non-hydrogen) atoms. The standard InChI is InChI=1S/C19H23BrN2O3/c1-21(2)13-14-25-16-9-6-15(7-10-16)8-11-18(23)22-12-4-3-5-17(20)19(22)24/h5-11H,3-4,12-14H2,1-2H3/b11-8+. The van der Waals surface area contributed by atoms with Crippen LogP contribution in [-0.4, -0.2) is 55.4 Å². The van der Waals surface area contributed by atoms with Crippen LogP contribution in [0.15, 0.2) is 40.9 Å². The molecule has 2 rings (SSSR count). The lowest BCUT2D eigenvalue weighted by molar-refractivity contribution is -0.138. The topological polar surface area (TPSA) is 49.9 Å². The number of hydrogen-bond donors (Lipinski definition) is 0. The van der Waals surface area contributed by atoms with Gasteiger partial charge in [0.2, 0.25) is 0 Å². The molecule has 0 saturated heterocycles. The van der Waals surface area contributed by atoms with Crippen LogP contribution in [0.2, 0.25) is 0 Å². The lowest BCUT2D eigenvalue weighted by Crippen LogP contribution is -2.35. The number of ether oxygens (including phenoxy) is 1. The monoisotopic (exact) mass is 406 g/mol. The number of nitrogens with zero attached hydrogens (tertiary/aromatic N) is 2. The summed E-state index contributed by atoms with van der Waals surface area (Å²) in [6.45, 7) is 1.91. The highest BCUT2D eigenvalue weighted by Crippen LogP contribution is 2.18. The number of amides is 2. The van der Waals surface area contributed by atoms with Crippen LogP contribution in [0.3, 0.4) is 0 Å². The largest absolute Gasteiger partial charge is 0.492 e. The quantitative estimate of drug-likeness (QED) is 0.681. The van der Waals surface area contributed by atoms with Crippen molar-refractivity contribution in [3.63, 3.8) is 0 Å². The van der Waals surface area contributed by atoms with Gasteiger partial charge in [0, 0.05) is 19.2 Å². The van der Waals surface area contributed by atoms with Gasteiger partial charge in [-0.3, -0.25) is 14.5 Å². The van der Waals surface area contributed by atoms with Crippen LogP contribution in [0.25, 0.3) is 6.08 Å². The number of imide groups is 1. The molecular formula is C19H23BrN2O3. The molecule has 0 aliphatic carbocycles. The minimum Gasteiger partial charge on any atom is -0.492 e. The number of hydrogen-bond acceptors (Lipinski definition) is 4. The van der Waals surface area contributed by atoms with Gasteiger partial charge in [0.1, 0.15) is 12.4 Å². The Morgan fingerprint density at radius 1 is 1.32 bits per heavy atom. The van der Waals surface area contributed by atoms with E-state index in [1.54, 1.807) is 6.08 Å². The molecule has 2 amide bonds. The summed E-state index contributed by atoms with van der Waals surface area (Å²) < 4.78 is 6.09. The fraction of sp³-hybridized carbons (Fsp3) is 0.368. The SMILES string of the molecule is CN(C)CCOc1ccc(/C=C/C(=O)N2CCCC=C(Br)C2=O)cc1. The van der Waals surface area contributed by atoms with E-state index in [2.05, 4.69) is 20.8 Å². The Hall–Kier alpha value is -1.92. The van der Waals surface area contributed by atoms with Gasteiger partial charge in [-0.25, -0.2) is 0 Å². The van der Waals surface area contributed by atoms with Crippen molar-refractivity contribution < 1.29 is 14.3 Å². The third-order valence-electron chi connectivity index (χ3n) is 3.73. The van der Waals surface area contributed by atoms with E-state index in [9.17, 15) is 9.59 Å². The molecule has 0 radical (unpaired) electrons. The Morgan fingerprint density at radius 2 is 2.04 bits per heavy atom. The van der Waals surface area contributed by atoms with Crippen molar-refractivity contribution in [3.05, 3.63) is 46.5 Å². The predicted octanol–water partition coefficient (Wildman–Crippen LogP) is 3.07. The van der Waals surface area contributed by atoms with Gasteiger partial charge in [0.25, 0.3) is 11.8 Å². The minimum absolute atomic E-state index is 0.281. The third-order valence-corrected chi connectivity index (χ3v) is 4.39. The summed E-state index contributed by atoms with van der Waals surface area (Å²) in [4.78, 5) is 27.7. The average Bonchev–Trinajstić information content (AvgIpc) is 2.75. The molecular weight excluding hydrogens is 384 g/mol. The molecule has 0 atom stereocenters. The Labute approximate surface area is 157 Å². The maximum atomic E-state index is 12.3. The number of carbonyl (C=O) groups is 2. The van der Waals surface area contributed by atoms with Crippen molar-refractivity contribution in [1.82, 2.24) is 9.80 Å². The molecule has 5 nitrogen and oxygen atoms in total. The van der Waals surface area contributed by atoms with E-state index in [0.29, 0.717) is 17.6 Å². The van der Waals surface area contributed by atoms with Crippen LogP contribution in [0.1, 0.15) is 18.4 Å². The van der Waals surface area contributed by atoms with Gasteiger partial charge in [0.15, 0.2) is 0 Å². The molecule has 1 heterocycles. The molecule has 1 aliphatic rings. The Balaban J connectivity index is 1.93. The van der Waals surface area contributed by atoms with E-state index in [0.717, 1.165) is 30.7 Å². The van der Waals surface area contributed by atoms with Crippen molar-refractivity contribution in [3.8, 4) is 5.75 Å². The van der Waals surface area contributed by atoms with E-state index in [1.165, 1.54) is 11.0 Å². The number of rotatable bonds is 6. The first-order valence-corrected chi connectivity index (χ1v) is 9.04. The molecule has 1 aromatic carbocycles. The van der Waals surface area contributed by atoms with Gasteiger partial charge in [-0.2, -0.15) is 0 Å². The molecule has 0 aromatic heterocycles. The van der Waals surface area contributed by atoms with Gasteiger partial charge in [0.05, 0.1) is 4.48 Å². The molecule has 6 heteroatoms. The van der Waals surface area contributed by atoms with Crippen molar-refractivity contribution in [2.45, 2.75) is 12.8 Å². The predicted molar refractivity (Wildman–Crippen MR) is 102 cm³/mol. The van der Waals surface area contributed by atoms with E-state index in [1.807, 2.05) is 44.4 Å². The molecule has 0 unspecified atom stereocenters. The fourth-order valence-electron chi connectivity index (χ4n) is 2.28. The molecule has 1 aromatic rings. The lowest BCUT2D eigenvalue weighted by Gasteiger charge is -2.16. The first kappa shape index (κ1) is 19.4. The first-order valence-electron chi connectivity index (χ1n) is 8.24. The normalized spacial score (nSPS) is 15.4. The molecule has 0 N–H and O–H groups in total. The third kappa shape index (κ3) is 6.14. The van der Waals surface area contributed by atoms with Crippen LogP contribution >= 0.6 is 15.9 Å². The second-order valence-corrected chi connectivity index (χ2v) is 6.90. The summed E-state index contributed by atoms with van der Waals surface area (Å²) in [6.07, 6.45) is 6.52. The second kappa shape index (κ2) is 9.53.